The van der Waals surface area contributed by atoms with E-state index in [4.69, 9.17) is 4.84 Å². The molecule has 32 heavy (non-hydrogen) atoms. The first-order chi connectivity index (χ1) is 15.5. The molecule has 0 bridgehead atoms. The van der Waals surface area contributed by atoms with Crippen molar-refractivity contribution in [3.63, 3.8) is 0 Å². The lowest BCUT2D eigenvalue weighted by Crippen LogP contribution is -2.53. The van der Waals surface area contributed by atoms with Gasteiger partial charge in [-0.1, -0.05) is 68.6 Å². The molecule has 6 heteroatoms. The highest BCUT2D eigenvalue weighted by Gasteiger charge is 2.46. The second-order valence-electron chi connectivity index (χ2n) is 10.1. The molecule has 0 radical (unpaired) electrons. The van der Waals surface area contributed by atoms with Crippen molar-refractivity contribution in [1.82, 2.24) is 10.2 Å². The Bertz CT molecular complexity index is 822. The molecule has 1 N–H and O–H groups in total. The summed E-state index contributed by atoms with van der Waals surface area (Å²) in [5.74, 6) is 0.314. The summed E-state index contributed by atoms with van der Waals surface area (Å²) in [5, 5.41) is 7.72. The van der Waals surface area contributed by atoms with E-state index in [9.17, 15) is 9.59 Å². The maximum atomic E-state index is 13.6. The Kier molecular flexibility index (Phi) is 7.17. The maximum absolute atomic E-state index is 13.6. The third-order valence-corrected chi connectivity index (χ3v) is 7.41. The minimum Gasteiger partial charge on any atom is -0.392 e. The predicted octanol–water partition coefficient (Wildman–Crippen LogP) is 4.28. The number of amides is 2. The van der Waals surface area contributed by atoms with Gasteiger partial charge in [0.15, 0.2) is 0 Å². The Morgan fingerprint density at radius 1 is 1.12 bits per heavy atom. The zero-order valence-corrected chi connectivity index (χ0v) is 19.5. The second kappa shape index (κ2) is 10.1. The van der Waals surface area contributed by atoms with Gasteiger partial charge in [-0.2, -0.15) is 0 Å². The number of carbonyl (C=O) groups is 2. The fourth-order valence-corrected chi connectivity index (χ4v) is 5.40. The Labute approximate surface area is 191 Å². The lowest BCUT2D eigenvalue weighted by Gasteiger charge is -2.42. The van der Waals surface area contributed by atoms with E-state index in [0.717, 1.165) is 30.5 Å². The van der Waals surface area contributed by atoms with E-state index >= 15 is 0 Å². The van der Waals surface area contributed by atoms with E-state index in [0.29, 0.717) is 32.4 Å². The van der Waals surface area contributed by atoms with Crippen LogP contribution in [0.4, 0.5) is 0 Å². The van der Waals surface area contributed by atoms with E-state index in [1.54, 1.807) is 0 Å². The van der Waals surface area contributed by atoms with Crippen molar-refractivity contribution in [2.45, 2.75) is 83.8 Å². The highest BCUT2D eigenvalue weighted by molar-refractivity contribution is 6.01. The number of benzene rings is 1. The normalized spacial score (nSPS) is 23.5. The fourth-order valence-electron chi connectivity index (χ4n) is 5.40. The number of rotatable bonds is 6. The molecular weight excluding hydrogens is 402 g/mol. The molecule has 0 spiro atoms. The summed E-state index contributed by atoms with van der Waals surface area (Å²) in [5.41, 5.74) is 1.52. The molecule has 2 fully saturated rings. The van der Waals surface area contributed by atoms with Crippen LogP contribution in [0.2, 0.25) is 0 Å². The quantitative estimate of drug-likeness (QED) is 0.719. The number of nitrogens with zero attached hydrogens (tertiary/aromatic N) is 2. The molecule has 1 unspecified atom stereocenters. The monoisotopic (exact) mass is 439 g/mol. The maximum Gasteiger partial charge on any atom is 0.226 e. The molecule has 1 aromatic rings. The van der Waals surface area contributed by atoms with Crippen LogP contribution in [-0.4, -0.2) is 47.7 Å². The van der Waals surface area contributed by atoms with Gasteiger partial charge in [-0.05, 0) is 31.2 Å². The van der Waals surface area contributed by atoms with Gasteiger partial charge in [0.25, 0.3) is 0 Å². The Hall–Kier alpha value is -2.37. The zero-order valence-electron chi connectivity index (χ0n) is 19.5. The van der Waals surface area contributed by atoms with Crippen LogP contribution >= 0.6 is 0 Å². The minimum absolute atomic E-state index is 0.0152. The fraction of sp³-hybridized carbons (Fsp3) is 0.654. The summed E-state index contributed by atoms with van der Waals surface area (Å²) in [6, 6.07) is 10.4. The van der Waals surface area contributed by atoms with Crippen LogP contribution < -0.4 is 5.32 Å². The van der Waals surface area contributed by atoms with E-state index in [1.165, 1.54) is 19.3 Å². The standard InChI is InChI=1S/C26H37N3O3/c1-19(2)24(30)29-15-13-26(14-16-29,25(31)27-21-11-7-4-8-12-21)18-22-17-23(28-32-22)20-9-5-3-6-10-20/h3,5-6,9-10,19,21-22H,4,7-8,11-18H2,1-2H3,(H,27,31). The van der Waals surface area contributed by atoms with Gasteiger partial charge in [0.05, 0.1) is 11.1 Å². The van der Waals surface area contributed by atoms with Gasteiger partial charge in [0.1, 0.15) is 6.10 Å². The number of nitrogens with one attached hydrogen (secondary N) is 1. The number of likely N-dealkylation sites (tertiary alicyclic amines) is 1. The third-order valence-electron chi connectivity index (χ3n) is 7.41. The molecule has 4 rings (SSSR count). The van der Waals surface area contributed by atoms with Gasteiger partial charge in [-0.15, -0.1) is 0 Å². The molecular formula is C26H37N3O3. The zero-order chi connectivity index (χ0) is 22.6. The van der Waals surface area contributed by atoms with Crippen LogP contribution in [0.5, 0.6) is 0 Å². The van der Waals surface area contributed by atoms with Gasteiger partial charge < -0.3 is 15.1 Å². The van der Waals surface area contributed by atoms with Crippen LogP contribution in [0.3, 0.4) is 0 Å². The Morgan fingerprint density at radius 2 is 1.81 bits per heavy atom. The van der Waals surface area contributed by atoms with Crippen molar-refractivity contribution in [2.24, 2.45) is 16.5 Å². The minimum atomic E-state index is -0.502. The van der Waals surface area contributed by atoms with Gasteiger partial charge in [-0.25, -0.2) is 0 Å². The number of hydrogen-bond donors (Lipinski definition) is 1. The van der Waals surface area contributed by atoms with Crippen molar-refractivity contribution < 1.29 is 14.4 Å². The molecule has 2 aliphatic heterocycles. The van der Waals surface area contributed by atoms with Gasteiger partial charge >= 0.3 is 0 Å². The Morgan fingerprint density at radius 3 is 2.47 bits per heavy atom. The molecule has 0 aromatic heterocycles. The second-order valence-corrected chi connectivity index (χ2v) is 10.1. The molecule has 6 nitrogen and oxygen atoms in total. The summed E-state index contributed by atoms with van der Waals surface area (Å²) in [4.78, 5) is 33.9. The summed E-state index contributed by atoms with van der Waals surface area (Å²) >= 11 is 0. The third kappa shape index (κ3) is 5.16. The molecule has 174 valence electrons. The molecule has 3 aliphatic rings. The molecule has 1 aromatic carbocycles. The summed E-state index contributed by atoms with van der Waals surface area (Å²) in [7, 11) is 0. The van der Waals surface area contributed by atoms with Crippen LogP contribution in [0.1, 0.15) is 77.2 Å². The molecule has 2 amide bonds. The lowest BCUT2D eigenvalue weighted by atomic mass is 9.72. The first kappa shape index (κ1) is 22.8. The molecule has 2 heterocycles. The summed E-state index contributed by atoms with van der Waals surface area (Å²) < 4.78 is 0. The number of oxime groups is 1. The van der Waals surface area contributed by atoms with Gasteiger partial charge in [0, 0.05) is 37.9 Å². The molecule has 1 aliphatic carbocycles. The smallest absolute Gasteiger partial charge is 0.226 e. The summed E-state index contributed by atoms with van der Waals surface area (Å²) in [6.07, 6.45) is 8.42. The van der Waals surface area contributed by atoms with Crippen molar-refractivity contribution in [1.29, 1.82) is 0 Å². The molecule has 1 saturated carbocycles. The topological polar surface area (TPSA) is 71.0 Å². The largest absolute Gasteiger partial charge is 0.392 e. The van der Waals surface area contributed by atoms with Crippen LogP contribution in [0.25, 0.3) is 0 Å². The van der Waals surface area contributed by atoms with E-state index in [2.05, 4.69) is 10.5 Å². The van der Waals surface area contributed by atoms with Gasteiger partial charge in [0.2, 0.25) is 11.8 Å². The predicted molar refractivity (Wildman–Crippen MR) is 125 cm³/mol. The van der Waals surface area contributed by atoms with E-state index in [-0.39, 0.29) is 29.9 Å². The molecule has 1 saturated heterocycles. The first-order valence-corrected chi connectivity index (χ1v) is 12.3. The van der Waals surface area contributed by atoms with Crippen molar-refractivity contribution >= 4 is 17.5 Å². The summed E-state index contributed by atoms with van der Waals surface area (Å²) in [6.45, 7) is 5.14. The highest BCUT2D eigenvalue weighted by Crippen LogP contribution is 2.40. The number of piperidine rings is 1. The van der Waals surface area contributed by atoms with E-state index < -0.39 is 5.41 Å². The van der Waals surface area contributed by atoms with Crippen LogP contribution in [0, 0.1) is 11.3 Å². The van der Waals surface area contributed by atoms with Crippen LogP contribution in [-0.2, 0) is 14.4 Å². The van der Waals surface area contributed by atoms with Crippen molar-refractivity contribution in [3.05, 3.63) is 35.9 Å². The Balaban J connectivity index is 1.44. The SMILES string of the molecule is CC(C)C(=O)N1CCC(CC2CC(c3ccccc3)=NO2)(C(=O)NC2CCCCC2)CC1. The lowest BCUT2D eigenvalue weighted by molar-refractivity contribution is -0.145. The average Bonchev–Trinajstić information content (AvgIpc) is 3.28. The number of hydrogen-bond acceptors (Lipinski definition) is 4. The highest BCUT2D eigenvalue weighted by atomic mass is 16.6. The average molecular weight is 440 g/mol. The van der Waals surface area contributed by atoms with E-state index in [1.807, 2.05) is 49.1 Å². The van der Waals surface area contributed by atoms with Gasteiger partial charge in [-0.3, -0.25) is 9.59 Å². The molecule has 1 atom stereocenters. The van der Waals surface area contributed by atoms with Crippen molar-refractivity contribution in [2.75, 3.05) is 13.1 Å². The van der Waals surface area contributed by atoms with Crippen LogP contribution in [0.15, 0.2) is 35.5 Å². The first-order valence-electron chi connectivity index (χ1n) is 12.3. The number of carbonyl (C=O) groups excluding carboxylic acids is 2. The van der Waals surface area contributed by atoms with Crippen molar-refractivity contribution in [3.8, 4) is 0 Å².